The third kappa shape index (κ3) is 3.19. The zero-order valence-corrected chi connectivity index (χ0v) is 10.9. The predicted molar refractivity (Wildman–Crippen MR) is 68.1 cm³/mol. The topological polar surface area (TPSA) is 33.2 Å². The summed E-state index contributed by atoms with van der Waals surface area (Å²) in [4.78, 5) is 18.3. The Hall–Kier alpha value is -1.09. The summed E-state index contributed by atoms with van der Waals surface area (Å²) in [7, 11) is 0. The van der Waals surface area contributed by atoms with E-state index in [4.69, 9.17) is 11.6 Å². The van der Waals surface area contributed by atoms with Crippen molar-refractivity contribution in [2.24, 2.45) is 5.92 Å². The van der Waals surface area contributed by atoms with E-state index in [1.54, 1.807) is 18.3 Å². The first-order valence-corrected chi connectivity index (χ1v) is 6.38. The fourth-order valence-electron chi connectivity index (χ4n) is 1.78. The first-order chi connectivity index (χ1) is 8.08. The second kappa shape index (κ2) is 5.05. The summed E-state index contributed by atoms with van der Waals surface area (Å²) in [6.45, 7) is 4.90. The maximum atomic E-state index is 12.3. The molecule has 0 radical (unpaired) electrons. The molecule has 1 aliphatic carbocycles. The molecule has 0 saturated heterocycles. The number of hydrogen-bond donors (Lipinski definition) is 0. The van der Waals surface area contributed by atoms with Gasteiger partial charge in [0.25, 0.3) is 5.91 Å². The Balaban J connectivity index is 2.14. The van der Waals surface area contributed by atoms with E-state index in [1.165, 1.54) is 12.8 Å². The predicted octanol–water partition coefficient (Wildman–Crippen LogP) is 3.00. The Kier molecular flexibility index (Phi) is 3.67. The van der Waals surface area contributed by atoms with E-state index in [2.05, 4.69) is 4.98 Å². The van der Waals surface area contributed by atoms with Crippen molar-refractivity contribution in [3.63, 3.8) is 0 Å². The molecule has 0 aliphatic heterocycles. The normalized spacial score (nSPS) is 15.1. The van der Waals surface area contributed by atoms with Crippen molar-refractivity contribution in [3.05, 3.63) is 29.0 Å². The van der Waals surface area contributed by atoms with Crippen LogP contribution in [0.4, 0.5) is 0 Å². The molecular formula is C13H17ClN2O. The van der Waals surface area contributed by atoms with E-state index in [0.29, 0.717) is 16.6 Å². The SMILES string of the molecule is CC(C)N(CC1CC1)C(=O)c1cc(Cl)ccn1. The molecule has 1 amide bonds. The number of hydrogen-bond acceptors (Lipinski definition) is 2. The summed E-state index contributed by atoms with van der Waals surface area (Å²) < 4.78 is 0. The molecule has 1 aromatic heterocycles. The molecule has 1 saturated carbocycles. The van der Waals surface area contributed by atoms with Crippen LogP contribution in [0.5, 0.6) is 0 Å². The lowest BCUT2D eigenvalue weighted by Gasteiger charge is -2.26. The number of pyridine rings is 1. The zero-order chi connectivity index (χ0) is 12.4. The van der Waals surface area contributed by atoms with E-state index in [-0.39, 0.29) is 11.9 Å². The number of halogens is 1. The van der Waals surface area contributed by atoms with E-state index in [0.717, 1.165) is 6.54 Å². The third-order valence-corrected chi connectivity index (χ3v) is 3.21. The molecule has 1 fully saturated rings. The quantitative estimate of drug-likeness (QED) is 0.825. The molecule has 0 spiro atoms. The van der Waals surface area contributed by atoms with Crippen LogP contribution in [0, 0.1) is 5.92 Å². The Labute approximate surface area is 107 Å². The Morgan fingerprint density at radius 1 is 1.59 bits per heavy atom. The van der Waals surface area contributed by atoms with Crippen LogP contribution in [0.3, 0.4) is 0 Å². The summed E-state index contributed by atoms with van der Waals surface area (Å²) in [6.07, 6.45) is 4.05. The van der Waals surface area contributed by atoms with Crippen molar-refractivity contribution < 1.29 is 4.79 Å². The number of aromatic nitrogens is 1. The van der Waals surface area contributed by atoms with Crippen molar-refractivity contribution in [2.45, 2.75) is 32.7 Å². The smallest absolute Gasteiger partial charge is 0.272 e. The van der Waals surface area contributed by atoms with Gasteiger partial charge in [-0.25, -0.2) is 0 Å². The zero-order valence-electron chi connectivity index (χ0n) is 10.2. The van der Waals surface area contributed by atoms with E-state index in [9.17, 15) is 4.79 Å². The summed E-state index contributed by atoms with van der Waals surface area (Å²) in [5.41, 5.74) is 0.437. The Morgan fingerprint density at radius 3 is 2.82 bits per heavy atom. The highest BCUT2D eigenvalue weighted by molar-refractivity contribution is 6.30. The summed E-state index contributed by atoms with van der Waals surface area (Å²) >= 11 is 5.88. The lowest BCUT2D eigenvalue weighted by molar-refractivity contribution is 0.0690. The van der Waals surface area contributed by atoms with Crippen LogP contribution in [0.25, 0.3) is 0 Å². The van der Waals surface area contributed by atoms with Gasteiger partial charge in [-0.2, -0.15) is 0 Å². The summed E-state index contributed by atoms with van der Waals surface area (Å²) in [5.74, 6) is 0.662. The molecule has 1 aliphatic rings. The molecule has 1 aromatic rings. The van der Waals surface area contributed by atoms with Crippen LogP contribution in [0.2, 0.25) is 5.02 Å². The molecule has 92 valence electrons. The van der Waals surface area contributed by atoms with Crippen molar-refractivity contribution in [3.8, 4) is 0 Å². The standard InChI is InChI=1S/C13H17ClN2O/c1-9(2)16(8-10-3-4-10)13(17)12-7-11(14)5-6-15-12/h5-7,9-10H,3-4,8H2,1-2H3. The van der Waals surface area contributed by atoms with Gasteiger partial charge in [0.2, 0.25) is 0 Å². The van der Waals surface area contributed by atoms with Crippen molar-refractivity contribution in [1.82, 2.24) is 9.88 Å². The Bertz CT molecular complexity index is 416. The Morgan fingerprint density at radius 2 is 2.29 bits per heavy atom. The van der Waals surface area contributed by atoms with Crippen LogP contribution in [0.15, 0.2) is 18.3 Å². The van der Waals surface area contributed by atoms with Gasteiger partial charge in [0.1, 0.15) is 5.69 Å². The number of nitrogens with zero attached hydrogens (tertiary/aromatic N) is 2. The average Bonchev–Trinajstić information content (AvgIpc) is 3.08. The maximum Gasteiger partial charge on any atom is 0.272 e. The molecule has 4 heteroatoms. The molecule has 0 atom stereocenters. The lowest BCUT2D eigenvalue weighted by Crippen LogP contribution is -2.38. The number of rotatable bonds is 4. The second-order valence-electron chi connectivity index (χ2n) is 4.85. The highest BCUT2D eigenvalue weighted by Gasteiger charge is 2.29. The number of carbonyl (C=O) groups is 1. The summed E-state index contributed by atoms with van der Waals surface area (Å²) in [5, 5.41) is 0.554. The van der Waals surface area contributed by atoms with Crippen LogP contribution in [-0.4, -0.2) is 28.4 Å². The average molecular weight is 253 g/mol. The molecule has 0 unspecified atom stereocenters. The van der Waals surface area contributed by atoms with Gasteiger partial charge in [0, 0.05) is 23.8 Å². The molecule has 0 bridgehead atoms. The third-order valence-electron chi connectivity index (χ3n) is 2.98. The van der Waals surface area contributed by atoms with Gasteiger partial charge in [-0.1, -0.05) is 11.6 Å². The van der Waals surface area contributed by atoms with E-state index < -0.39 is 0 Å². The van der Waals surface area contributed by atoms with E-state index >= 15 is 0 Å². The van der Waals surface area contributed by atoms with Crippen LogP contribution in [-0.2, 0) is 0 Å². The first-order valence-electron chi connectivity index (χ1n) is 6.00. The van der Waals surface area contributed by atoms with Crippen LogP contribution in [0.1, 0.15) is 37.2 Å². The second-order valence-corrected chi connectivity index (χ2v) is 5.29. The number of carbonyl (C=O) groups excluding carboxylic acids is 1. The fraction of sp³-hybridized carbons (Fsp3) is 0.538. The minimum absolute atomic E-state index is 0.0191. The molecular weight excluding hydrogens is 236 g/mol. The molecule has 0 N–H and O–H groups in total. The molecule has 3 nitrogen and oxygen atoms in total. The van der Waals surface area contributed by atoms with Gasteiger partial charge < -0.3 is 4.90 Å². The van der Waals surface area contributed by atoms with Gasteiger partial charge in [-0.3, -0.25) is 9.78 Å². The lowest BCUT2D eigenvalue weighted by atomic mass is 10.2. The number of amides is 1. The van der Waals surface area contributed by atoms with Gasteiger partial charge >= 0.3 is 0 Å². The minimum atomic E-state index is -0.0191. The van der Waals surface area contributed by atoms with Crippen molar-refractivity contribution in [1.29, 1.82) is 0 Å². The molecule has 1 heterocycles. The van der Waals surface area contributed by atoms with Gasteiger partial charge in [-0.15, -0.1) is 0 Å². The molecule has 2 rings (SSSR count). The molecule has 17 heavy (non-hydrogen) atoms. The van der Waals surface area contributed by atoms with Gasteiger partial charge in [0.15, 0.2) is 0 Å². The van der Waals surface area contributed by atoms with Gasteiger partial charge in [0.05, 0.1) is 0 Å². The fourth-order valence-corrected chi connectivity index (χ4v) is 1.94. The van der Waals surface area contributed by atoms with Gasteiger partial charge in [-0.05, 0) is 44.7 Å². The molecule has 0 aromatic carbocycles. The van der Waals surface area contributed by atoms with Crippen LogP contribution < -0.4 is 0 Å². The maximum absolute atomic E-state index is 12.3. The van der Waals surface area contributed by atoms with Crippen molar-refractivity contribution in [2.75, 3.05) is 6.54 Å². The largest absolute Gasteiger partial charge is 0.335 e. The van der Waals surface area contributed by atoms with E-state index in [1.807, 2.05) is 18.7 Å². The summed E-state index contributed by atoms with van der Waals surface area (Å²) in [6, 6.07) is 3.51. The first kappa shape index (κ1) is 12.4. The van der Waals surface area contributed by atoms with Crippen molar-refractivity contribution >= 4 is 17.5 Å². The highest BCUT2D eigenvalue weighted by Crippen LogP contribution is 2.30. The monoisotopic (exact) mass is 252 g/mol. The van der Waals surface area contributed by atoms with Crippen LogP contribution >= 0.6 is 11.6 Å². The minimum Gasteiger partial charge on any atom is -0.335 e. The highest BCUT2D eigenvalue weighted by atomic mass is 35.5.